The third-order valence-electron chi connectivity index (χ3n) is 12.8. The molecule has 9 aromatic carbocycles. The molecule has 2 aliphatic heterocycles. The molecule has 0 radical (unpaired) electrons. The van der Waals surface area contributed by atoms with Crippen LogP contribution >= 0.6 is 0 Å². The number of rotatable bonds is 5. The van der Waals surface area contributed by atoms with E-state index in [9.17, 15) is 0 Å². The molecule has 0 N–H and O–H groups in total. The molecule has 0 saturated carbocycles. The second-order valence-corrected chi connectivity index (χ2v) is 16.4. The quantitative estimate of drug-likeness (QED) is 0.160. The summed E-state index contributed by atoms with van der Waals surface area (Å²) in [5.41, 5.74) is 19.3. The SMILES string of the molecule is C1=CC2=C(C=Cc3ccccc3N2c2ccc3c(-c4ccccc4)c4cc(N5c6ccccc6C=Cc6ccccc65)ccc4c(-c4ccc(-c5ccccc5)cc4)c3c2)CC1. The number of anilines is 5. The highest BCUT2D eigenvalue weighted by atomic mass is 15.2. The molecule has 0 amide bonds. The van der Waals surface area contributed by atoms with E-state index in [2.05, 4.69) is 240 Å². The summed E-state index contributed by atoms with van der Waals surface area (Å²) < 4.78 is 0. The van der Waals surface area contributed by atoms with Gasteiger partial charge in [0.05, 0.1) is 17.1 Å². The fourth-order valence-electron chi connectivity index (χ4n) is 9.91. The van der Waals surface area contributed by atoms with E-state index in [0.717, 1.165) is 35.6 Å². The van der Waals surface area contributed by atoms with E-state index in [4.69, 9.17) is 0 Å². The Hall–Kier alpha value is -7.94. The smallest absolute Gasteiger partial charge is 0.0534 e. The second-order valence-electron chi connectivity index (χ2n) is 16.4. The van der Waals surface area contributed by atoms with E-state index in [1.165, 1.54) is 88.6 Å². The fourth-order valence-corrected chi connectivity index (χ4v) is 9.91. The van der Waals surface area contributed by atoms with Crippen molar-refractivity contribution >= 4 is 68.2 Å². The van der Waals surface area contributed by atoms with Gasteiger partial charge in [0, 0.05) is 17.1 Å². The van der Waals surface area contributed by atoms with Gasteiger partial charge in [0.2, 0.25) is 0 Å². The van der Waals surface area contributed by atoms with Gasteiger partial charge in [-0.1, -0.05) is 182 Å². The minimum absolute atomic E-state index is 1.02. The van der Waals surface area contributed by atoms with Gasteiger partial charge in [-0.25, -0.2) is 0 Å². The van der Waals surface area contributed by atoms with Crippen molar-refractivity contribution < 1.29 is 0 Å². The minimum atomic E-state index is 1.02. The van der Waals surface area contributed by atoms with Gasteiger partial charge in [-0.15, -0.1) is 0 Å². The third-order valence-corrected chi connectivity index (χ3v) is 12.8. The van der Waals surface area contributed by atoms with Gasteiger partial charge < -0.3 is 9.80 Å². The lowest BCUT2D eigenvalue weighted by molar-refractivity contribution is 0.955. The summed E-state index contributed by atoms with van der Waals surface area (Å²) in [6.45, 7) is 0. The van der Waals surface area contributed by atoms with E-state index in [1.807, 2.05) is 0 Å². The summed E-state index contributed by atoms with van der Waals surface area (Å²) in [6, 6.07) is 71.5. The molecule has 12 rings (SSSR count). The number of fused-ring (bicyclic) bond motifs is 5. The Balaban J connectivity index is 1.16. The Bertz CT molecular complexity index is 3280. The molecule has 0 atom stereocenters. The topological polar surface area (TPSA) is 6.48 Å². The summed E-state index contributed by atoms with van der Waals surface area (Å²) in [4.78, 5) is 4.92. The van der Waals surface area contributed by atoms with Crippen molar-refractivity contribution in [2.24, 2.45) is 0 Å². The van der Waals surface area contributed by atoms with E-state index in [-0.39, 0.29) is 0 Å². The fraction of sp³-hybridized carbons (Fsp3) is 0.0333. The van der Waals surface area contributed by atoms with Gasteiger partial charge in [-0.05, 0) is 139 Å². The highest BCUT2D eigenvalue weighted by Crippen LogP contribution is 2.50. The standard InChI is InChI=1S/C60H42N2/c1-3-15-41(16-4-1)42-27-33-48(34-28-42)60-52-38-36-49(61-55-23-11-7-17-43(55)29-30-44-18-8-12-24-56(44)61)39-53(52)59(47-21-5-2-6-22-47)51-37-35-50(40-54(51)60)62-57-25-13-9-19-45(57)31-32-46-20-10-14-26-58(46)62/h1-9,11-19,21-40H,10,20H2. The van der Waals surface area contributed by atoms with Gasteiger partial charge >= 0.3 is 0 Å². The Labute approximate surface area is 363 Å². The molecular formula is C60H42N2. The summed E-state index contributed by atoms with van der Waals surface area (Å²) >= 11 is 0. The molecule has 2 heteroatoms. The predicted molar refractivity (Wildman–Crippen MR) is 264 cm³/mol. The average Bonchev–Trinajstić information content (AvgIpc) is 3.62. The van der Waals surface area contributed by atoms with Crippen LogP contribution in [0.15, 0.2) is 224 Å². The highest BCUT2D eigenvalue weighted by Gasteiger charge is 2.26. The first-order chi connectivity index (χ1) is 30.8. The van der Waals surface area contributed by atoms with Gasteiger partial charge in [0.25, 0.3) is 0 Å². The van der Waals surface area contributed by atoms with Crippen molar-refractivity contribution in [2.45, 2.75) is 12.8 Å². The first-order valence-corrected chi connectivity index (χ1v) is 21.6. The maximum absolute atomic E-state index is 2.49. The van der Waals surface area contributed by atoms with Crippen molar-refractivity contribution in [1.82, 2.24) is 0 Å². The second kappa shape index (κ2) is 15.0. The van der Waals surface area contributed by atoms with Crippen LogP contribution in [0.1, 0.15) is 29.5 Å². The molecular weight excluding hydrogens is 749 g/mol. The van der Waals surface area contributed by atoms with Gasteiger partial charge in [0.15, 0.2) is 0 Å². The molecule has 0 unspecified atom stereocenters. The van der Waals surface area contributed by atoms with Gasteiger partial charge in [-0.3, -0.25) is 0 Å². The Morgan fingerprint density at radius 3 is 1.34 bits per heavy atom. The lowest BCUT2D eigenvalue weighted by atomic mass is 9.85. The molecule has 0 bridgehead atoms. The zero-order valence-corrected chi connectivity index (χ0v) is 34.2. The number of para-hydroxylation sites is 3. The first-order valence-electron chi connectivity index (χ1n) is 21.6. The molecule has 3 aliphatic rings. The molecule has 62 heavy (non-hydrogen) atoms. The molecule has 1 aliphatic carbocycles. The van der Waals surface area contributed by atoms with Crippen molar-refractivity contribution in [1.29, 1.82) is 0 Å². The Morgan fingerprint density at radius 2 is 0.758 bits per heavy atom. The third kappa shape index (κ3) is 6.03. The Morgan fingerprint density at radius 1 is 0.323 bits per heavy atom. The van der Waals surface area contributed by atoms with Crippen molar-refractivity contribution in [3.05, 3.63) is 240 Å². The number of allylic oxidation sites excluding steroid dienone is 4. The van der Waals surface area contributed by atoms with Crippen LogP contribution in [-0.2, 0) is 0 Å². The van der Waals surface area contributed by atoms with Crippen LogP contribution in [0.3, 0.4) is 0 Å². The van der Waals surface area contributed by atoms with Crippen LogP contribution in [0.25, 0.3) is 73.2 Å². The zero-order chi connectivity index (χ0) is 41.0. The average molecular weight is 791 g/mol. The normalized spacial score (nSPS) is 14.0. The van der Waals surface area contributed by atoms with Crippen molar-refractivity contribution in [3.8, 4) is 33.4 Å². The van der Waals surface area contributed by atoms with E-state index >= 15 is 0 Å². The summed E-state index contributed by atoms with van der Waals surface area (Å²) in [6.07, 6.45) is 15.8. The van der Waals surface area contributed by atoms with Crippen molar-refractivity contribution in [3.63, 3.8) is 0 Å². The van der Waals surface area contributed by atoms with Crippen LogP contribution in [-0.4, -0.2) is 0 Å². The molecule has 0 aromatic heterocycles. The molecule has 2 heterocycles. The van der Waals surface area contributed by atoms with Crippen molar-refractivity contribution in [2.75, 3.05) is 9.80 Å². The minimum Gasteiger partial charge on any atom is -0.310 e. The van der Waals surface area contributed by atoms with Crippen LogP contribution in [0, 0.1) is 0 Å². The van der Waals surface area contributed by atoms with Gasteiger partial charge in [-0.2, -0.15) is 0 Å². The van der Waals surface area contributed by atoms with E-state index in [0.29, 0.717) is 0 Å². The van der Waals surface area contributed by atoms with Gasteiger partial charge in [0.1, 0.15) is 0 Å². The predicted octanol–water partition coefficient (Wildman–Crippen LogP) is 16.7. The maximum atomic E-state index is 2.49. The van der Waals surface area contributed by atoms with Crippen LogP contribution in [0.2, 0.25) is 0 Å². The van der Waals surface area contributed by atoms with Crippen LogP contribution in [0.4, 0.5) is 28.4 Å². The highest BCUT2D eigenvalue weighted by molar-refractivity contribution is 6.23. The zero-order valence-electron chi connectivity index (χ0n) is 34.2. The summed E-state index contributed by atoms with van der Waals surface area (Å²) in [5.74, 6) is 0. The van der Waals surface area contributed by atoms with Crippen LogP contribution < -0.4 is 9.80 Å². The molecule has 0 spiro atoms. The molecule has 2 nitrogen and oxygen atoms in total. The first kappa shape index (κ1) is 36.0. The molecule has 0 saturated heterocycles. The monoisotopic (exact) mass is 790 g/mol. The molecule has 0 fully saturated rings. The summed E-state index contributed by atoms with van der Waals surface area (Å²) in [7, 11) is 0. The number of hydrogen-bond donors (Lipinski definition) is 0. The number of hydrogen-bond acceptors (Lipinski definition) is 2. The Kier molecular flexibility index (Phi) is 8.67. The lowest BCUT2D eigenvalue weighted by Gasteiger charge is -2.30. The summed E-state index contributed by atoms with van der Waals surface area (Å²) in [5, 5.41) is 4.88. The maximum Gasteiger partial charge on any atom is 0.0534 e. The lowest BCUT2D eigenvalue weighted by Crippen LogP contribution is -2.18. The number of nitrogens with zero attached hydrogens (tertiary/aromatic N) is 2. The number of benzene rings is 9. The molecule has 292 valence electrons. The van der Waals surface area contributed by atoms with Crippen LogP contribution in [0.5, 0.6) is 0 Å². The van der Waals surface area contributed by atoms with E-state index in [1.54, 1.807) is 0 Å². The van der Waals surface area contributed by atoms with E-state index < -0.39 is 0 Å². The largest absolute Gasteiger partial charge is 0.310 e. The molecule has 9 aromatic rings.